The van der Waals surface area contributed by atoms with Gasteiger partial charge in [-0.05, 0) is 37.8 Å². The zero-order valence-electron chi connectivity index (χ0n) is 14.1. The summed E-state index contributed by atoms with van der Waals surface area (Å²) in [5, 5.41) is 2.72. The summed E-state index contributed by atoms with van der Waals surface area (Å²) in [6.07, 6.45) is 8.79. The molecule has 0 aliphatic heterocycles. The smallest absolute Gasteiger partial charge is 0.274 e. The number of rotatable bonds is 6. The van der Waals surface area contributed by atoms with Crippen LogP contribution in [0.5, 0.6) is 0 Å². The van der Waals surface area contributed by atoms with Crippen LogP contribution in [0, 0.1) is 12.9 Å². The van der Waals surface area contributed by atoms with Crippen LogP contribution >= 0.6 is 0 Å². The quantitative estimate of drug-likeness (QED) is 0.826. The predicted octanol–water partition coefficient (Wildman–Crippen LogP) is 3.25. The van der Waals surface area contributed by atoms with Crippen molar-refractivity contribution in [3.05, 3.63) is 35.5 Å². The number of carbonyl (C=O) groups excluding carboxylic acids is 1. The fourth-order valence-corrected chi connectivity index (χ4v) is 3.11. The number of halogens is 1. The molecule has 1 N–H and O–H groups in total. The molecule has 1 amide bonds. The first-order valence-corrected chi connectivity index (χ1v) is 8.69. The second-order valence-electron chi connectivity index (χ2n) is 6.43. The van der Waals surface area contributed by atoms with Crippen molar-refractivity contribution in [1.82, 2.24) is 14.7 Å². The van der Waals surface area contributed by atoms with Crippen molar-refractivity contribution in [1.29, 1.82) is 0 Å². The van der Waals surface area contributed by atoms with Gasteiger partial charge in [-0.1, -0.05) is 25.3 Å². The highest BCUT2D eigenvalue weighted by Crippen LogP contribution is 2.20. The molecule has 1 fully saturated rings. The number of aromatic nitrogens is 2. The van der Waals surface area contributed by atoms with Gasteiger partial charge in [0.25, 0.3) is 5.91 Å². The van der Waals surface area contributed by atoms with Gasteiger partial charge in [0.05, 0.1) is 6.10 Å². The third-order valence-corrected chi connectivity index (χ3v) is 4.44. The average Bonchev–Trinajstić information content (AvgIpc) is 2.92. The Hall–Kier alpha value is -1.95. The topological polar surface area (TPSA) is 55.6 Å². The molecule has 2 heterocycles. The van der Waals surface area contributed by atoms with Crippen LogP contribution in [0.15, 0.2) is 18.3 Å². The second-order valence-corrected chi connectivity index (χ2v) is 6.43. The maximum Gasteiger partial charge on any atom is 0.274 e. The van der Waals surface area contributed by atoms with Crippen molar-refractivity contribution in [3.8, 4) is 0 Å². The van der Waals surface area contributed by atoms with Crippen molar-refractivity contribution >= 4 is 11.6 Å². The molecule has 1 aliphatic carbocycles. The number of nitrogens with zero attached hydrogens (tertiary/aromatic N) is 2. The predicted molar refractivity (Wildman–Crippen MR) is 89.7 cm³/mol. The number of carbonyl (C=O) groups is 1. The Kier molecular flexibility index (Phi) is 5.45. The number of aryl methyl sites for hydroxylation is 1. The molecular formula is C18H24FN3O2. The van der Waals surface area contributed by atoms with E-state index in [0.717, 1.165) is 24.8 Å². The molecular weight excluding hydrogens is 309 g/mol. The van der Waals surface area contributed by atoms with Gasteiger partial charge in [-0.2, -0.15) is 4.39 Å². The molecule has 0 radical (unpaired) electrons. The summed E-state index contributed by atoms with van der Waals surface area (Å²) in [6.45, 7) is 2.95. The lowest BCUT2D eigenvalue weighted by atomic mass is 9.98. The van der Waals surface area contributed by atoms with Gasteiger partial charge < -0.3 is 10.1 Å². The Balaban J connectivity index is 1.47. The molecule has 130 valence electrons. The summed E-state index contributed by atoms with van der Waals surface area (Å²) in [7, 11) is 0. The lowest BCUT2D eigenvalue weighted by Crippen LogP contribution is -2.27. The van der Waals surface area contributed by atoms with E-state index in [0.29, 0.717) is 24.9 Å². The van der Waals surface area contributed by atoms with E-state index in [1.54, 1.807) is 12.3 Å². The summed E-state index contributed by atoms with van der Waals surface area (Å²) in [4.78, 5) is 16.2. The summed E-state index contributed by atoms with van der Waals surface area (Å²) in [5.41, 5.74) is 1.18. The zero-order chi connectivity index (χ0) is 16.9. The van der Waals surface area contributed by atoms with Gasteiger partial charge in [0.1, 0.15) is 5.65 Å². The van der Waals surface area contributed by atoms with Gasteiger partial charge in [-0.15, -0.1) is 0 Å². The molecule has 2 aromatic rings. The number of hydrogen-bond donors (Lipinski definition) is 1. The van der Waals surface area contributed by atoms with Crippen LogP contribution in [0.4, 0.5) is 4.39 Å². The molecule has 1 saturated carbocycles. The third kappa shape index (κ3) is 3.93. The first-order chi connectivity index (χ1) is 11.6. The molecule has 0 aromatic carbocycles. The number of hydrogen-bond acceptors (Lipinski definition) is 3. The Labute approximate surface area is 141 Å². The lowest BCUT2D eigenvalue weighted by molar-refractivity contribution is 0.0273. The maximum absolute atomic E-state index is 14.3. The van der Waals surface area contributed by atoms with Gasteiger partial charge in [-0.3, -0.25) is 9.20 Å². The Bertz CT molecular complexity index is 708. The van der Waals surface area contributed by atoms with Gasteiger partial charge in [-0.25, -0.2) is 4.98 Å². The Morgan fingerprint density at radius 1 is 1.38 bits per heavy atom. The van der Waals surface area contributed by atoms with Crippen LogP contribution in [0.2, 0.25) is 0 Å². The minimum Gasteiger partial charge on any atom is -0.378 e. The van der Waals surface area contributed by atoms with Crippen LogP contribution in [0.3, 0.4) is 0 Å². The van der Waals surface area contributed by atoms with Crippen LogP contribution in [0.1, 0.15) is 54.6 Å². The van der Waals surface area contributed by atoms with E-state index in [-0.39, 0.29) is 5.69 Å². The molecule has 3 rings (SSSR count). The monoisotopic (exact) mass is 333 g/mol. The molecule has 24 heavy (non-hydrogen) atoms. The van der Waals surface area contributed by atoms with Crippen LogP contribution in [-0.4, -0.2) is 34.5 Å². The largest absolute Gasteiger partial charge is 0.378 e. The van der Waals surface area contributed by atoms with E-state index in [1.807, 2.05) is 13.0 Å². The summed E-state index contributed by atoms with van der Waals surface area (Å²) >= 11 is 0. The Morgan fingerprint density at radius 2 is 2.17 bits per heavy atom. The molecule has 0 bridgehead atoms. The van der Waals surface area contributed by atoms with Crippen LogP contribution in [-0.2, 0) is 4.74 Å². The normalized spacial score (nSPS) is 15.8. The van der Waals surface area contributed by atoms with E-state index in [9.17, 15) is 9.18 Å². The fourth-order valence-electron chi connectivity index (χ4n) is 3.11. The summed E-state index contributed by atoms with van der Waals surface area (Å²) in [6, 6.07) is 3.54. The molecule has 6 heteroatoms. The van der Waals surface area contributed by atoms with Gasteiger partial charge >= 0.3 is 0 Å². The minimum absolute atomic E-state index is 0.159. The highest BCUT2D eigenvalue weighted by Gasteiger charge is 2.19. The first kappa shape index (κ1) is 16.9. The van der Waals surface area contributed by atoms with E-state index < -0.39 is 11.9 Å². The van der Waals surface area contributed by atoms with Crippen LogP contribution < -0.4 is 5.32 Å². The molecule has 0 saturated heterocycles. The number of fused-ring (bicyclic) bond motifs is 1. The van der Waals surface area contributed by atoms with Gasteiger partial charge in [0.2, 0.25) is 5.95 Å². The standard InChI is InChI=1S/C18H24FN3O2/c1-13-8-9-15-21-16(17(19)22(15)12-13)18(23)20-10-5-11-24-14-6-3-2-4-7-14/h8-9,12,14H,2-7,10-11H2,1H3,(H,20,23). The second kappa shape index (κ2) is 7.75. The number of imidazole rings is 1. The van der Waals surface area contributed by atoms with Gasteiger partial charge in [0, 0.05) is 19.3 Å². The highest BCUT2D eigenvalue weighted by molar-refractivity contribution is 5.93. The SMILES string of the molecule is Cc1ccc2nc(C(=O)NCCCOC3CCCCC3)c(F)n2c1. The molecule has 0 spiro atoms. The molecule has 1 aliphatic rings. The summed E-state index contributed by atoms with van der Waals surface area (Å²) in [5.74, 6) is -1.10. The lowest BCUT2D eigenvalue weighted by Gasteiger charge is -2.21. The first-order valence-electron chi connectivity index (χ1n) is 8.69. The average molecular weight is 333 g/mol. The fraction of sp³-hybridized carbons (Fsp3) is 0.556. The zero-order valence-corrected chi connectivity index (χ0v) is 14.1. The molecule has 5 nitrogen and oxygen atoms in total. The summed E-state index contributed by atoms with van der Waals surface area (Å²) < 4.78 is 21.4. The molecule has 0 atom stereocenters. The molecule has 0 unspecified atom stereocenters. The van der Waals surface area contributed by atoms with Crippen molar-refractivity contribution in [2.75, 3.05) is 13.2 Å². The number of nitrogens with one attached hydrogen (secondary N) is 1. The molecule has 2 aromatic heterocycles. The van der Waals surface area contributed by atoms with E-state index in [4.69, 9.17) is 4.74 Å². The third-order valence-electron chi connectivity index (χ3n) is 4.44. The Morgan fingerprint density at radius 3 is 2.96 bits per heavy atom. The van der Waals surface area contributed by atoms with Crippen molar-refractivity contribution < 1.29 is 13.9 Å². The van der Waals surface area contributed by atoms with E-state index in [2.05, 4.69) is 10.3 Å². The van der Waals surface area contributed by atoms with Gasteiger partial charge in [0.15, 0.2) is 5.69 Å². The minimum atomic E-state index is -0.621. The maximum atomic E-state index is 14.3. The number of pyridine rings is 1. The van der Waals surface area contributed by atoms with Crippen LogP contribution in [0.25, 0.3) is 5.65 Å². The van der Waals surface area contributed by atoms with E-state index >= 15 is 0 Å². The number of ether oxygens (including phenoxy) is 1. The highest BCUT2D eigenvalue weighted by atomic mass is 19.1. The van der Waals surface area contributed by atoms with E-state index in [1.165, 1.54) is 23.7 Å². The van der Waals surface area contributed by atoms with Crippen molar-refractivity contribution in [2.24, 2.45) is 0 Å². The van der Waals surface area contributed by atoms with Crippen molar-refractivity contribution in [3.63, 3.8) is 0 Å². The van der Waals surface area contributed by atoms with Crippen molar-refractivity contribution in [2.45, 2.75) is 51.6 Å². The number of amides is 1.